The monoisotopic (exact) mass is 243 g/mol. The molecule has 18 heavy (non-hydrogen) atoms. The highest BCUT2D eigenvalue weighted by Gasteiger charge is 2.28. The van der Waals surface area contributed by atoms with Crippen LogP contribution in [0.4, 0.5) is 0 Å². The molecule has 3 rings (SSSR count). The third-order valence-electron chi connectivity index (χ3n) is 4.47. The number of fused-ring (bicyclic) bond motifs is 1. The number of benzene rings is 1. The number of imidazole rings is 1. The summed E-state index contributed by atoms with van der Waals surface area (Å²) in [6.45, 7) is 5.10. The van der Waals surface area contributed by atoms with Crippen molar-refractivity contribution >= 4 is 11.0 Å². The molecule has 1 aliphatic rings. The minimum atomic E-state index is 0.544. The molecule has 1 aromatic heterocycles. The van der Waals surface area contributed by atoms with Crippen molar-refractivity contribution < 1.29 is 0 Å². The molecule has 2 aromatic rings. The summed E-state index contributed by atoms with van der Waals surface area (Å²) in [5.74, 6) is 0.615. The minimum absolute atomic E-state index is 0.544. The number of aromatic nitrogens is 2. The van der Waals surface area contributed by atoms with Crippen molar-refractivity contribution in [3.63, 3.8) is 0 Å². The molecule has 0 saturated heterocycles. The van der Waals surface area contributed by atoms with Gasteiger partial charge in [-0.25, -0.2) is 4.98 Å². The fraction of sp³-hybridized carbons (Fsp3) is 0.533. The molecule has 0 spiro atoms. The highest BCUT2D eigenvalue weighted by atomic mass is 15.1. The summed E-state index contributed by atoms with van der Waals surface area (Å²) in [5, 5.41) is 0. The minimum Gasteiger partial charge on any atom is -0.330 e. The van der Waals surface area contributed by atoms with E-state index < -0.39 is 0 Å². The van der Waals surface area contributed by atoms with Gasteiger partial charge in [0.05, 0.1) is 17.4 Å². The molecule has 96 valence electrons. The predicted molar refractivity (Wildman–Crippen MR) is 74.6 cm³/mol. The van der Waals surface area contributed by atoms with E-state index >= 15 is 0 Å². The Labute approximate surface area is 108 Å². The van der Waals surface area contributed by atoms with Gasteiger partial charge in [0, 0.05) is 6.04 Å². The average Bonchev–Trinajstić information content (AvgIpc) is 2.95. The smallest absolute Gasteiger partial charge is 0.0961 e. The van der Waals surface area contributed by atoms with Crippen molar-refractivity contribution in [3.05, 3.63) is 29.6 Å². The SMILES string of the molecule is Cc1cc2ncn(C3CCCC3CN)c2cc1C. The highest BCUT2D eigenvalue weighted by molar-refractivity contribution is 5.77. The summed E-state index contributed by atoms with van der Waals surface area (Å²) in [5.41, 5.74) is 10.9. The van der Waals surface area contributed by atoms with Gasteiger partial charge in [0.1, 0.15) is 0 Å². The lowest BCUT2D eigenvalue weighted by atomic mass is 10.0. The summed E-state index contributed by atoms with van der Waals surface area (Å²) < 4.78 is 2.35. The second-order valence-electron chi connectivity index (χ2n) is 5.57. The van der Waals surface area contributed by atoms with E-state index in [4.69, 9.17) is 5.73 Å². The molecule has 1 fully saturated rings. The van der Waals surface area contributed by atoms with Crippen molar-refractivity contribution in [2.75, 3.05) is 6.54 Å². The van der Waals surface area contributed by atoms with E-state index in [0.29, 0.717) is 12.0 Å². The van der Waals surface area contributed by atoms with E-state index in [1.807, 2.05) is 6.33 Å². The number of aryl methyl sites for hydroxylation is 2. The third kappa shape index (κ3) is 1.74. The van der Waals surface area contributed by atoms with E-state index in [1.165, 1.54) is 35.9 Å². The van der Waals surface area contributed by atoms with Gasteiger partial charge in [-0.15, -0.1) is 0 Å². The molecular formula is C15H21N3. The molecule has 1 saturated carbocycles. The second-order valence-corrected chi connectivity index (χ2v) is 5.57. The third-order valence-corrected chi connectivity index (χ3v) is 4.47. The Morgan fingerprint density at radius 3 is 2.83 bits per heavy atom. The molecule has 0 aliphatic heterocycles. The maximum absolute atomic E-state index is 5.89. The van der Waals surface area contributed by atoms with Crippen LogP contribution in [0.3, 0.4) is 0 Å². The number of hydrogen-bond acceptors (Lipinski definition) is 2. The van der Waals surface area contributed by atoms with Crippen molar-refractivity contribution in [2.45, 2.75) is 39.2 Å². The molecule has 1 aromatic carbocycles. The molecule has 1 heterocycles. The van der Waals surface area contributed by atoms with E-state index in [2.05, 4.69) is 35.5 Å². The van der Waals surface area contributed by atoms with Crippen LogP contribution in [0.15, 0.2) is 18.5 Å². The Kier molecular flexibility index (Phi) is 2.86. The first kappa shape index (κ1) is 11.7. The first-order valence-corrected chi connectivity index (χ1v) is 6.84. The van der Waals surface area contributed by atoms with E-state index in [0.717, 1.165) is 12.1 Å². The normalized spacial score (nSPS) is 23.9. The largest absolute Gasteiger partial charge is 0.330 e. The maximum Gasteiger partial charge on any atom is 0.0961 e. The molecule has 0 radical (unpaired) electrons. The first-order valence-electron chi connectivity index (χ1n) is 6.84. The molecule has 1 aliphatic carbocycles. The van der Waals surface area contributed by atoms with Crippen LogP contribution in [0, 0.1) is 19.8 Å². The van der Waals surface area contributed by atoms with Gasteiger partial charge in [0.2, 0.25) is 0 Å². The van der Waals surface area contributed by atoms with Crippen molar-refractivity contribution in [1.29, 1.82) is 0 Å². The number of hydrogen-bond donors (Lipinski definition) is 1. The Morgan fingerprint density at radius 1 is 1.28 bits per heavy atom. The van der Waals surface area contributed by atoms with Crippen LogP contribution in [0.2, 0.25) is 0 Å². The van der Waals surface area contributed by atoms with Gasteiger partial charge in [-0.05, 0) is 62.4 Å². The lowest BCUT2D eigenvalue weighted by Crippen LogP contribution is -2.21. The van der Waals surface area contributed by atoms with Gasteiger partial charge in [0.25, 0.3) is 0 Å². The van der Waals surface area contributed by atoms with Crippen LogP contribution in [-0.2, 0) is 0 Å². The lowest BCUT2D eigenvalue weighted by molar-refractivity contribution is 0.395. The molecule has 2 atom stereocenters. The topological polar surface area (TPSA) is 43.8 Å². The Morgan fingerprint density at radius 2 is 2.06 bits per heavy atom. The Balaban J connectivity index is 2.09. The molecule has 2 unspecified atom stereocenters. The second kappa shape index (κ2) is 4.39. The molecule has 3 nitrogen and oxygen atoms in total. The van der Waals surface area contributed by atoms with Crippen molar-refractivity contribution in [2.24, 2.45) is 11.7 Å². The molecular weight excluding hydrogens is 222 g/mol. The molecule has 0 amide bonds. The Hall–Kier alpha value is -1.35. The summed E-state index contributed by atoms with van der Waals surface area (Å²) in [7, 11) is 0. The summed E-state index contributed by atoms with van der Waals surface area (Å²) >= 11 is 0. The fourth-order valence-electron chi connectivity index (χ4n) is 3.21. The van der Waals surface area contributed by atoms with E-state index in [1.54, 1.807) is 0 Å². The summed E-state index contributed by atoms with van der Waals surface area (Å²) in [6.07, 6.45) is 5.78. The van der Waals surface area contributed by atoms with Gasteiger partial charge in [-0.2, -0.15) is 0 Å². The van der Waals surface area contributed by atoms with Gasteiger partial charge in [-0.3, -0.25) is 0 Å². The summed E-state index contributed by atoms with van der Waals surface area (Å²) in [4.78, 5) is 4.56. The van der Waals surface area contributed by atoms with Gasteiger partial charge in [-0.1, -0.05) is 6.42 Å². The predicted octanol–water partition coefficient (Wildman–Crippen LogP) is 2.95. The quantitative estimate of drug-likeness (QED) is 0.881. The van der Waals surface area contributed by atoms with Crippen LogP contribution in [0.25, 0.3) is 11.0 Å². The zero-order valence-corrected chi connectivity index (χ0v) is 11.2. The van der Waals surface area contributed by atoms with E-state index in [-0.39, 0.29) is 0 Å². The fourth-order valence-corrected chi connectivity index (χ4v) is 3.21. The maximum atomic E-state index is 5.89. The highest BCUT2D eigenvalue weighted by Crippen LogP contribution is 2.37. The average molecular weight is 243 g/mol. The van der Waals surface area contributed by atoms with Crippen molar-refractivity contribution in [3.8, 4) is 0 Å². The number of nitrogens with zero attached hydrogens (tertiary/aromatic N) is 2. The van der Waals surface area contributed by atoms with Crippen molar-refractivity contribution in [1.82, 2.24) is 9.55 Å². The lowest BCUT2D eigenvalue weighted by Gasteiger charge is -2.20. The van der Waals surface area contributed by atoms with Crippen LogP contribution in [-0.4, -0.2) is 16.1 Å². The number of nitrogens with two attached hydrogens (primary N) is 1. The zero-order chi connectivity index (χ0) is 12.7. The number of rotatable bonds is 2. The first-order chi connectivity index (χ1) is 8.70. The zero-order valence-electron chi connectivity index (χ0n) is 11.2. The van der Waals surface area contributed by atoms with Gasteiger partial charge >= 0.3 is 0 Å². The van der Waals surface area contributed by atoms with Crippen LogP contribution < -0.4 is 5.73 Å². The molecule has 3 heteroatoms. The Bertz CT molecular complexity index is 570. The van der Waals surface area contributed by atoms with Crippen LogP contribution in [0.5, 0.6) is 0 Å². The van der Waals surface area contributed by atoms with Crippen LogP contribution >= 0.6 is 0 Å². The van der Waals surface area contributed by atoms with Crippen LogP contribution in [0.1, 0.15) is 36.4 Å². The van der Waals surface area contributed by atoms with Gasteiger partial charge in [0.15, 0.2) is 0 Å². The molecule has 0 bridgehead atoms. The molecule has 2 N–H and O–H groups in total. The standard InChI is InChI=1S/C15H21N3/c1-10-6-13-15(7-11(10)2)18(9-17-13)14-5-3-4-12(14)8-16/h6-7,9,12,14H,3-5,8,16H2,1-2H3. The van der Waals surface area contributed by atoms with Gasteiger partial charge < -0.3 is 10.3 Å². The summed E-state index contributed by atoms with van der Waals surface area (Å²) in [6, 6.07) is 5.00. The van der Waals surface area contributed by atoms with E-state index in [9.17, 15) is 0 Å².